The van der Waals surface area contributed by atoms with Gasteiger partial charge in [-0.15, -0.1) is 0 Å². The van der Waals surface area contributed by atoms with Crippen LogP contribution in [-0.2, 0) is 16.0 Å². The zero-order valence-electron chi connectivity index (χ0n) is 12.6. The second kappa shape index (κ2) is 6.39. The van der Waals surface area contributed by atoms with E-state index in [1.165, 1.54) is 0 Å². The van der Waals surface area contributed by atoms with E-state index in [0.717, 1.165) is 27.8 Å². The zero-order valence-corrected chi connectivity index (χ0v) is 12.6. The van der Waals surface area contributed by atoms with Crippen LogP contribution in [0, 0.1) is 13.8 Å². The van der Waals surface area contributed by atoms with Crippen LogP contribution >= 0.6 is 0 Å². The predicted octanol–water partition coefficient (Wildman–Crippen LogP) is 3.05. The molecule has 110 valence electrons. The number of benzene rings is 1. The van der Waals surface area contributed by atoms with Crippen LogP contribution in [0.1, 0.15) is 23.6 Å². The van der Waals surface area contributed by atoms with Gasteiger partial charge in [-0.2, -0.15) is 0 Å². The molecule has 0 aliphatic rings. The van der Waals surface area contributed by atoms with Crippen molar-refractivity contribution in [2.45, 2.75) is 27.2 Å². The molecule has 4 heteroatoms. The molecule has 4 nitrogen and oxygen atoms in total. The van der Waals surface area contributed by atoms with Crippen molar-refractivity contribution in [3.63, 3.8) is 0 Å². The van der Waals surface area contributed by atoms with Crippen molar-refractivity contribution in [3.05, 3.63) is 47.3 Å². The number of nitrogen functional groups attached to an aromatic ring is 1. The number of ether oxygens (including phenoxy) is 1. The summed E-state index contributed by atoms with van der Waals surface area (Å²) in [5.74, 6) is -0.243. The number of aromatic nitrogens is 1. The van der Waals surface area contributed by atoms with E-state index >= 15 is 0 Å². The Bertz CT molecular complexity index is 666. The lowest BCUT2D eigenvalue weighted by Gasteiger charge is -2.13. The smallest absolute Gasteiger partial charge is 0.310 e. The minimum absolute atomic E-state index is 0.220. The molecule has 2 N–H and O–H groups in total. The largest absolute Gasteiger partial charge is 0.466 e. The summed E-state index contributed by atoms with van der Waals surface area (Å²) in [6.45, 7) is 6.25. The highest BCUT2D eigenvalue weighted by molar-refractivity contribution is 5.83. The van der Waals surface area contributed by atoms with Gasteiger partial charge in [-0.1, -0.05) is 0 Å². The van der Waals surface area contributed by atoms with Gasteiger partial charge in [0.15, 0.2) is 0 Å². The van der Waals surface area contributed by atoms with Crippen LogP contribution in [0.4, 0.5) is 5.69 Å². The van der Waals surface area contributed by atoms with Crippen LogP contribution in [-0.4, -0.2) is 17.6 Å². The molecule has 21 heavy (non-hydrogen) atoms. The minimum atomic E-state index is -0.243. The van der Waals surface area contributed by atoms with Crippen LogP contribution in [0.2, 0.25) is 0 Å². The molecule has 1 aromatic heterocycles. The van der Waals surface area contributed by atoms with E-state index in [-0.39, 0.29) is 12.4 Å². The van der Waals surface area contributed by atoms with Gasteiger partial charge in [0.1, 0.15) is 0 Å². The molecule has 0 atom stereocenters. The molecule has 0 radical (unpaired) electrons. The number of pyridine rings is 1. The van der Waals surface area contributed by atoms with E-state index in [0.29, 0.717) is 12.3 Å². The second-order valence-electron chi connectivity index (χ2n) is 5.04. The van der Waals surface area contributed by atoms with Crippen LogP contribution in [0.3, 0.4) is 0 Å². The number of carbonyl (C=O) groups is 1. The van der Waals surface area contributed by atoms with E-state index in [4.69, 9.17) is 10.5 Å². The molecule has 0 unspecified atom stereocenters. The standard InChI is InChI=1S/C17H20N2O2/c1-4-21-17(20)9-13-5-6-19-10-15(13)14-7-11(2)12(3)8-16(14)18/h5-8,10H,4,9,18H2,1-3H3. The summed E-state index contributed by atoms with van der Waals surface area (Å²) in [5, 5.41) is 0. The molecular formula is C17H20N2O2. The summed E-state index contributed by atoms with van der Waals surface area (Å²) < 4.78 is 5.02. The van der Waals surface area contributed by atoms with Gasteiger partial charge < -0.3 is 10.5 Å². The Morgan fingerprint density at radius 2 is 1.95 bits per heavy atom. The highest BCUT2D eigenvalue weighted by Crippen LogP contribution is 2.31. The average Bonchev–Trinajstić information content (AvgIpc) is 2.44. The maximum atomic E-state index is 11.7. The number of aryl methyl sites for hydroxylation is 2. The summed E-state index contributed by atoms with van der Waals surface area (Å²) >= 11 is 0. The predicted molar refractivity (Wildman–Crippen MR) is 83.9 cm³/mol. The molecule has 0 bridgehead atoms. The van der Waals surface area contributed by atoms with Gasteiger partial charge >= 0.3 is 5.97 Å². The Morgan fingerprint density at radius 3 is 2.67 bits per heavy atom. The SMILES string of the molecule is CCOC(=O)Cc1ccncc1-c1cc(C)c(C)cc1N. The number of hydrogen-bond donors (Lipinski definition) is 1. The molecule has 0 amide bonds. The molecule has 0 saturated carbocycles. The Kier molecular flexibility index (Phi) is 4.58. The molecular weight excluding hydrogens is 264 g/mol. The third-order valence-electron chi connectivity index (χ3n) is 3.51. The quantitative estimate of drug-likeness (QED) is 0.692. The minimum Gasteiger partial charge on any atom is -0.466 e. The van der Waals surface area contributed by atoms with Crippen molar-refractivity contribution in [2.24, 2.45) is 0 Å². The number of rotatable bonds is 4. The number of carbonyl (C=O) groups excluding carboxylic acids is 1. The Hall–Kier alpha value is -2.36. The maximum Gasteiger partial charge on any atom is 0.310 e. The van der Waals surface area contributed by atoms with Crippen LogP contribution in [0.15, 0.2) is 30.6 Å². The second-order valence-corrected chi connectivity index (χ2v) is 5.04. The van der Waals surface area contributed by atoms with Crippen molar-refractivity contribution in [1.29, 1.82) is 0 Å². The number of hydrogen-bond acceptors (Lipinski definition) is 4. The molecule has 2 rings (SSSR count). The summed E-state index contributed by atoms with van der Waals surface area (Å²) in [6, 6.07) is 5.82. The number of nitrogens with two attached hydrogens (primary N) is 1. The van der Waals surface area contributed by atoms with E-state index in [9.17, 15) is 4.79 Å². The third-order valence-corrected chi connectivity index (χ3v) is 3.51. The highest BCUT2D eigenvalue weighted by Gasteiger charge is 2.13. The van der Waals surface area contributed by atoms with Crippen molar-refractivity contribution in [1.82, 2.24) is 4.98 Å². The van der Waals surface area contributed by atoms with Gasteiger partial charge in [0.05, 0.1) is 13.0 Å². The van der Waals surface area contributed by atoms with Gasteiger partial charge in [0, 0.05) is 29.2 Å². The first-order chi connectivity index (χ1) is 10.0. The van der Waals surface area contributed by atoms with Crippen molar-refractivity contribution < 1.29 is 9.53 Å². The summed E-state index contributed by atoms with van der Waals surface area (Å²) in [5.41, 5.74) is 11.8. The monoisotopic (exact) mass is 284 g/mol. The lowest BCUT2D eigenvalue weighted by molar-refractivity contribution is -0.142. The fourth-order valence-electron chi connectivity index (χ4n) is 2.26. The molecule has 1 aromatic carbocycles. The summed E-state index contributed by atoms with van der Waals surface area (Å²) in [4.78, 5) is 15.9. The van der Waals surface area contributed by atoms with E-state index in [1.54, 1.807) is 19.3 Å². The number of nitrogens with zero attached hydrogens (tertiary/aromatic N) is 1. The first kappa shape index (κ1) is 15.0. The van der Waals surface area contributed by atoms with Crippen molar-refractivity contribution in [2.75, 3.05) is 12.3 Å². The molecule has 0 spiro atoms. The lowest BCUT2D eigenvalue weighted by atomic mass is 9.95. The number of esters is 1. The molecule has 0 aliphatic heterocycles. The number of anilines is 1. The molecule has 1 heterocycles. The third kappa shape index (κ3) is 3.40. The lowest BCUT2D eigenvalue weighted by Crippen LogP contribution is -2.09. The highest BCUT2D eigenvalue weighted by atomic mass is 16.5. The van der Waals surface area contributed by atoms with Gasteiger partial charge in [0.25, 0.3) is 0 Å². The molecule has 2 aromatic rings. The normalized spacial score (nSPS) is 10.4. The van der Waals surface area contributed by atoms with Gasteiger partial charge in [0.2, 0.25) is 0 Å². The van der Waals surface area contributed by atoms with Gasteiger partial charge in [-0.25, -0.2) is 0 Å². The molecule has 0 aliphatic carbocycles. The Balaban J connectivity index is 2.45. The van der Waals surface area contributed by atoms with Crippen LogP contribution in [0.25, 0.3) is 11.1 Å². The van der Waals surface area contributed by atoms with E-state index < -0.39 is 0 Å². The first-order valence-corrected chi connectivity index (χ1v) is 6.98. The first-order valence-electron chi connectivity index (χ1n) is 6.98. The fourth-order valence-corrected chi connectivity index (χ4v) is 2.26. The Labute approximate surface area is 125 Å². The van der Waals surface area contributed by atoms with E-state index in [2.05, 4.69) is 4.98 Å². The average molecular weight is 284 g/mol. The maximum absolute atomic E-state index is 11.7. The van der Waals surface area contributed by atoms with Gasteiger partial charge in [-0.05, 0) is 55.7 Å². The van der Waals surface area contributed by atoms with Crippen LogP contribution in [0.5, 0.6) is 0 Å². The van der Waals surface area contributed by atoms with Crippen molar-refractivity contribution >= 4 is 11.7 Å². The topological polar surface area (TPSA) is 65.2 Å². The fraction of sp³-hybridized carbons (Fsp3) is 0.294. The summed E-state index contributed by atoms with van der Waals surface area (Å²) in [6.07, 6.45) is 3.64. The molecule has 0 saturated heterocycles. The van der Waals surface area contributed by atoms with Gasteiger partial charge in [-0.3, -0.25) is 9.78 Å². The summed E-state index contributed by atoms with van der Waals surface area (Å²) in [7, 11) is 0. The molecule has 0 fully saturated rings. The van der Waals surface area contributed by atoms with E-state index in [1.807, 2.05) is 32.0 Å². The Morgan fingerprint density at radius 1 is 1.24 bits per heavy atom. The zero-order chi connectivity index (χ0) is 15.4. The van der Waals surface area contributed by atoms with Crippen LogP contribution < -0.4 is 5.73 Å². The van der Waals surface area contributed by atoms with Crippen molar-refractivity contribution in [3.8, 4) is 11.1 Å².